The minimum atomic E-state index is -1.04. The van der Waals surface area contributed by atoms with E-state index >= 15 is 0 Å². The van der Waals surface area contributed by atoms with Crippen molar-refractivity contribution >= 4 is 6.09 Å². The van der Waals surface area contributed by atoms with E-state index in [0.717, 1.165) is 19.3 Å². The summed E-state index contributed by atoms with van der Waals surface area (Å²) in [6, 6.07) is 0. The second kappa shape index (κ2) is 10.7. The molecule has 0 fully saturated rings. The van der Waals surface area contributed by atoms with Gasteiger partial charge in [-0.25, -0.2) is 4.79 Å². The SMILES string of the molecule is CCCCCCCCCCC(N)NC(=O)O. The summed E-state index contributed by atoms with van der Waals surface area (Å²) in [5.41, 5.74) is 5.56. The zero-order valence-corrected chi connectivity index (χ0v) is 10.4. The fourth-order valence-corrected chi connectivity index (χ4v) is 1.73. The lowest BCUT2D eigenvalue weighted by molar-refractivity contribution is 0.189. The van der Waals surface area contributed by atoms with E-state index in [1.54, 1.807) is 0 Å². The first-order valence-electron chi connectivity index (χ1n) is 6.42. The molecule has 1 atom stereocenters. The summed E-state index contributed by atoms with van der Waals surface area (Å²) in [6.45, 7) is 2.22. The van der Waals surface area contributed by atoms with Crippen LogP contribution in [0.1, 0.15) is 64.7 Å². The van der Waals surface area contributed by atoms with Gasteiger partial charge in [0.05, 0.1) is 6.17 Å². The van der Waals surface area contributed by atoms with Crippen LogP contribution < -0.4 is 11.1 Å². The monoisotopic (exact) mass is 230 g/mol. The van der Waals surface area contributed by atoms with Gasteiger partial charge in [0.15, 0.2) is 0 Å². The number of nitrogens with one attached hydrogen (secondary N) is 1. The smallest absolute Gasteiger partial charge is 0.405 e. The number of rotatable bonds is 10. The van der Waals surface area contributed by atoms with Gasteiger partial charge in [-0.2, -0.15) is 0 Å². The third-order valence-electron chi connectivity index (χ3n) is 2.68. The van der Waals surface area contributed by atoms with Crippen molar-refractivity contribution in [2.24, 2.45) is 5.73 Å². The Kier molecular flexibility index (Phi) is 10.2. The highest BCUT2D eigenvalue weighted by Gasteiger charge is 2.04. The van der Waals surface area contributed by atoms with Crippen molar-refractivity contribution in [1.29, 1.82) is 0 Å². The summed E-state index contributed by atoms with van der Waals surface area (Å²) in [5.74, 6) is 0. The molecule has 96 valence electrons. The topological polar surface area (TPSA) is 75.3 Å². The molecular weight excluding hydrogens is 204 g/mol. The molecule has 0 aromatic carbocycles. The molecule has 0 bridgehead atoms. The molecule has 1 amide bonds. The Hall–Kier alpha value is -0.770. The molecule has 0 spiro atoms. The van der Waals surface area contributed by atoms with Crippen LogP contribution >= 0.6 is 0 Å². The fourth-order valence-electron chi connectivity index (χ4n) is 1.73. The number of nitrogens with two attached hydrogens (primary N) is 1. The number of unbranched alkanes of at least 4 members (excludes halogenated alkanes) is 7. The number of carboxylic acid groups (broad SMARTS) is 1. The maximum absolute atomic E-state index is 10.3. The van der Waals surface area contributed by atoms with E-state index in [1.165, 1.54) is 38.5 Å². The molecular formula is C12H26N2O2. The maximum atomic E-state index is 10.3. The number of hydrogen-bond donors (Lipinski definition) is 3. The quantitative estimate of drug-likeness (QED) is 0.399. The first-order valence-corrected chi connectivity index (χ1v) is 6.42. The van der Waals surface area contributed by atoms with Gasteiger partial charge in [-0.3, -0.25) is 0 Å². The molecule has 0 saturated heterocycles. The van der Waals surface area contributed by atoms with Crippen LogP contribution in [0.5, 0.6) is 0 Å². The Morgan fingerprint density at radius 2 is 1.62 bits per heavy atom. The molecule has 0 aliphatic heterocycles. The van der Waals surface area contributed by atoms with Gasteiger partial charge in [0.2, 0.25) is 0 Å². The van der Waals surface area contributed by atoms with E-state index in [0.29, 0.717) is 0 Å². The average Bonchev–Trinajstić information content (AvgIpc) is 2.21. The van der Waals surface area contributed by atoms with Crippen molar-refractivity contribution in [3.63, 3.8) is 0 Å². The molecule has 0 aromatic rings. The Morgan fingerprint density at radius 3 is 2.12 bits per heavy atom. The molecule has 4 nitrogen and oxygen atoms in total. The highest BCUT2D eigenvalue weighted by molar-refractivity contribution is 5.64. The summed E-state index contributed by atoms with van der Waals surface area (Å²) in [4.78, 5) is 10.3. The summed E-state index contributed by atoms with van der Waals surface area (Å²) in [6.07, 6.45) is 9.29. The molecule has 4 N–H and O–H groups in total. The first kappa shape index (κ1) is 15.2. The Bertz CT molecular complexity index is 174. The second-order valence-corrected chi connectivity index (χ2v) is 4.32. The van der Waals surface area contributed by atoms with Crippen LogP contribution in [-0.2, 0) is 0 Å². The van der Waals surface area contributed by atoms with Crippen LogP contribution in [0.25, 0.3) is 0 Å². The van der Waals surface area contributed by atoms with Gasteiger partial charge in [0.25, 0.3) is 0 Å². The van der Waals surface area contributed by atoms with Gasteiger partial charge in [0.1, 0.15) is 0 Å². The van der Waals surface area contributed by atoms with Crippen molar-refractivity contribution < 1.29 is 9.90 Å². The van der Waals surface area contributed by atoms with Crippen molar-refractivity contribution in [3.8, 4) is 0 Å². The van der Waals surface area contributed by atoms with Crippen molar-refractivity contribution in [3.05, 3.63) is 0 Å². The minimum absolute atomic E-state index is 0.405. The molecule has 0 heterocycles. The molecule has 0 aliphatic rings. The summed E-state index contributed by atoms with van der Waals surface area (Å²) in [5, 5.41) is 10.7. The highest BCUT2D eigenvalue weighted by atomic mass is 16.4. The van der Waals surface area contributed by atoms with Crippen LogP contribution in [-0.4, -0.2) is 17.4 Å². The summed E-state index contributed by atoms with van der Waals surface area (Å²) < 4.78 is 0. The third kappa shape index (κ3) is 11.3. The number of amides is 1. The van der Waals surface area contributed by atoms with Crippen molar-refractivity contribution in [2.45, 2.75) is 70.9 Å². The molecule has 4 heteroatoms. The lowest BCUT2D eigenvalue weighted by Gasteiger charge is -2.10. The average molecular weight is 230 g/mol. The predicted molar refractivity (Wildman–Crippen MR) is 66.4 cm³/mol. The van der Waals surface area contributed by atoms with Gasteiger partial charge in [0, 0.05) is 0 Å². The maximum Gasteiger partial charge on any atom is 0.405 e. The summed E-state index contributed by atoms with van der Waals surface area (Å²) in [7, 11) is 0. The van der Waals surface area contributed by atoms with E-state index < -0.39 is 12.3 Å². The first-order chi connectivity index (χ1) is 7.66. The molecule has 16 heavy (non-hydrogen) atoms. The molecule has 0 saturated carbocycles. The number of hydrogen-bond acceptors (Lipinski definition) is 2. The zero-order valence-electron chi connectivity index (χ0n) is 10.4. The third-order valence-corrected chi connectivity index (χ3v) is 2.68. The predicted octanol–water partition coefficient (Wildman–Crippen LogP) is 3.07. The molecule has 0 aliphatic carbocycles. The van der Waals surface area contributed by atoms with Crippen molar-refractivity contribution in [2.75, 3.05) is 0 Å². The summed E-state index contributed by atoms with van der Waals surface area (Å²) >= 11 is 0. The van der Waals surface area contributed by atoms with E-state index in [1.807, 2.05) is 0 Å². The largest absolute Gasteiger partial charge is 0.465 e. The van der Waals surface area contributed by atoms with Crippen LogP contribution in [0.3, 0.4) is 0 Å². The number of carbonyl (C=O) groups is 1. The Labute approximate surface area is 98.6 Å². The molecule has 0 rings (SSSR count). The van der Waals surface area contributed by atoms with E-state index in [9.17, 15) is 4.79 Å². The lowest BCUT2D eigenvalue weighted by Crippen LogP contribution is -2.40. The van der Waals surface area contributed by atoms with E-state index in [2.05, 4.69) is 12.2 Å². The van der Waals surface area contributed by atoms with Gasteiger partial charge in [-0.05, 0) is 6.42 Å². The molecule has 0 radical (unpaired) electrons. The standard InChI is InChI=1S/C12H26N2O2/c1-2-3-4-5-6-7-8-9-10-11(13)14-12(15)16/h11,14H,2-10,13H2,1H3,(H,15,16). The molecule has 0 aromatic heterocycles. The highest BCUT2D eigenvalue weighted by Crippen LogP contribution is 2.09. The van der Waals surface area contributed by atoms with Gasteiger partial charge < -0.3 is 16.2 Å². The Morgan fingerprint density at radius 1 is 1.12 bits per heavy atom. The lowest BCUT2D eigenvalue weighted by atomic mass is 10.1. The van der Waals surface area contributed by atoms with Crippen molar-refractivity contribution in [1.82, 2.24) is 5.32 Å². The van der Waals surface area contributed by atoms with Crippen LogP contribution in [0, 0.1) is 0 Å². The Balaban J connectivity index is 3.11. The second-order valence-electron chi connectivity index (χ2n) is 4.32. The van der Waals surface area contributed by atoms with Crippen LogP contribution in [0.4, 0.5) is 4.79 Å². The van der Waals surface area contributed by atoms with Gasteiger partial charge >= 0.3 is 6.09 Å². The molecule has 1 unspecified atom stereocenters. The van der Waals surface area contributed by atoms with Gasteiger partial charge in [-0.1, -0.05) is 58.3 Å². The zero-order chi connectivity index (χ0) is 12.2. The van der Waals surface area contributed by atoms with Crippen LogP contribution in [0.15, 0.2) is 0 Å². The van der Waals surface area contributed by atoms with Gasteiger partial charge in [-0.15, -0.1) is 0 Å². The fraction of sp³-hybridized carbons (Fsp3) is 0.917. The van der Waals surface area contributed by atoms with Crippen LogP contribution in [0.2, 0.25) is 0 Å². The minimum Gasteiger partial charge on any atom is -0.465 e. The van der Waals surface area contributed by atoms with E-state index in [-0.39, 0.29) is 0 Å². The van der Waals surface area contributed by atoms with E-state index in [4.69, 9.17) is 10.8 Å². The normalized spacial score (nSPS) is 12.4.